The second-order valence-corrected chi connectivity index (χ2v) is 12.4. The van der Waals surface area contributed by atoms with Gasteiger partial charge in [-0.05, 0) is 13.8 Å². The van der Waals surface area contributed by atoms with Crippen LogP contribution in [0, 0.1) is 17.3 Å². The molecule has 3 N–H and O–H groups in total. The fraction of sp³-hybridized carbons (Fsp3) is 0.750. The predicted octanol–water partition coefficient (Wildman–Crippen LogP) is 0.0492. The van der Waals surface area contributed by atoms with Crippen LogP contribution >= 0.6 is 11.6 Å². The minimum Gasteiger partial charge on any atom is -0.462 e. The molecule has 7 unspecified atom stereocenters. The lowest BCUT2D eigenvalue weighted by Crippen LogP contribution is -2.75. The van der Waals surface area contributed by atoms with Crippen LogP contribution in [0.2, 0.25) is 0 Å². The van der Waals surface area contributed by atoms with Crippen LogP contribution in [0.25, 0.3) is 0 Å². The summed E-state index contributed by atoms with van der Waals surface area (Å²) in [7, 11) is 0. The van der Waals surface area contributed by atoms with Gasteiger partial charge in [0, 0.05) is 45.6 Å². The van der Waals surface area contributed by atoms with E-state index in [9.17, 15) is 39.3 Å². The molecule has 14 nitrogen and oxygen atoms in total. The highest BCUT2D eigenvalue weighted by Crippen LogP contribution is 2.61. The monoisotopic (exact) mass is 632 g/mol. The average molecular weight is 633 g/mol. The summed E-state index contributed by atoms with van der Waals surface area (Å²) in [5, 5.41) is 34.9. The SMILES string of the molecule is CC(=O)OC1CC(OC(C)=O)[C@@]2(C)C([C@@H](OC(C)=O)[C@@]3(O)C(C)C(=O)OC3/C(Cl)=C(/CO)C3OC3[C@H]2OC(C)=O)[C@]1(C)O. The van der Waals surface area contributed by atoms with Gasteiger partial charge in [0.25, 0.3) is 0 Å². The van der Waals surface area contributed by atoms with Crippen LogP contribution in [0.3, 0.4) is 0 Å². The Kier molecular flexibility index (Phi) is 8.70. The molecule has 0 aromatic carbocycles. The molecule has 1 saturated carbocycles. The van der Waals surface area contributed by atoms with Gasteiger partial charge in [-0.15, -0.1) is 0 Å². The number of carbonyl (C=O) groups excluding carboxylic acids is 5. The van der Waals surface area contributed by atoms with Crippen LogP contribution in [0.1, 0.15) is 54.9 Å². The number of esters is 5. The van der Waals surface area contributed by atoms with Crippen molar-refractivity contribution in [3.63, 3.8) is 0 Å². The molecule has 0 spiro atoms. The van der Waals surface area contributed by atoms with Crippen molar-refractivity contribution in [1.29, 1.82) is 0 Å². The minimum atomic E-state index is -2.53. The molecule has 43 heavy (non-hydrogen) atoms. The second-order valence-electron chi connectivity index (χ2n) is 12.0. The molecule has 0 radical (unpaired) electrons. The van der Waals surface area contributed by atoms with E-state index in [0.29, 0.717) is 0 Å². The number of rotatable bonds is 5. The maximum Gasteiger partial charge on any atom is 0.312 e. The molecule has 12 atom stereocenters. The van der Waals surface area contributed by atoms with Gasteiger partial charge < -0.3 is 43.7 Å². The van der Waals surface area contributed by atoms with E-state index in [1.165, 1.54) is 20.8 Å². The van der Waals surface area contributed by atoms with Gasteiger partial charge in [0.2, 0.25) is 0 Å². The maximum atomic E-state index is 13.1. The standard InChI is InChI=1S/C28H37ClO14/c1-10-25(35)43-22-18(29)15(9-30)19-20(42-19)23(40-13(4)33)26(6)16(38-11(2)31)8-17(39-12(3)32)27(7,36)21(26)24(28(10,22)37)41-14(5)34/h10,16-17,19-24,30,36-37H,8-9H2,1-7H3/b18-15+/t10?,16?,17?,19?,20?,21?,22?,23-,24-,26+,27-,28-/m1/s1. The van der Waals surface area contributed by atoms with E-state index in [0.717, 1.165) is 27.7 Å². The lowest BCUT2D eigenvalue weighted by Gasteiger charge is -2.60. The zero-order valence-corrected chi connectivity index (χ0v) is 25.6. The van der Waals surface area contributed by atoms with Gasteiger partial charge in [-0.25, -0.2) is 0 Å². The lowest BCUT2D eigenvalue weighted by molar-refractivity contribution is -0.291. The molecule has 3 fully saturated rings. The van der Waals surface area contributed by atoms with Crippen molar-refractivity contribution in [2.45, 2.75) is 109 Å². The fourth-order valence-corrected chi connectivity index (χ4v) is 7.66. The summed E-state index contributed by atoms with van der Waals surface area (Å²) in [6.07, 6.45) is -10.1. The van der Waals surface area contributed by atoms with E-state index in [-0.39, 0.29) is 17.0 Å². The van der Waals surface area contributed by atoms with Gasteiger partial charge in [-0.2, -0.15) is 0 Å². The van der Waals surface area contributed by atoms with Crippen molar-refractivity contribution in [2.24, 2.45) is 17.3 Å². The minimum absolute atomic E-state index is 0.00200. The van der Waals surface area contributed by atoms with Crippen LogP contribution in [0.4, 0.5) is 0 Å². The highest BCUT2D eigenvalue weighted by Gasteiger charge is 2.76. The van der Waals surface area contributed by atoms with Crippen LogP contribution in [0.5, 0.6) is 0 Å². The van der Waals surface area contributed by atoms with Gasteiger partial charge >= 0.3 is 29.8 Å². The third-order valence-electron chi connectivity index (χ3n) is 9.22. The Bertz CT molecular complexity index is 1250. The van der Waals surface area contributed by atoms with Crippen LogP contribution in [-0.4, -0.2) is 106 Å². The maximum absolute atomic E-state index is 13.1. The second kappa shape index (κ2) is 11.3. The molecule has 2 heterocycles. The normalized spacial score (nSPS) is 45.4. The Labute approximate surface area is 252 Å². The van der Waals surface area contributed by atoms with Crippen molar-refractivity contribution in [3.8, 4) is 0 Å². The van der Waals surface area contributed by atoms with Crippen LogP contribution in [0.15, 0.2) is 10.6 Å². The number of halogens is 1. The number of aliphatic hydroxyl groups excluding tert-OH is 1. The Morgan fingerprint density at radius 2 is 1.42 bits per heavy atom. The summed E-state index contributed by atoms with van der Waals surface area (Å²) in [6.45, 7) is 7.70. The molecule has 0 aromatic rings. The van der Waals surface area contributed by atoms with Gasteiger partial charge in [0.15, 0.2) is 11.7 Å². The quantitative estimate of drug-likeness (QED) is 0.208. The topological polar surface area (TPSA) is 205 Å². The Morgan fingerprint density at radius 1 is 0.907 bits per heavy atom. The summed E-state index contributed by atoms with van der Waals surface area (Å²) in [4.78, 5) is 63.0. The molecule has 240 valence electrons. The molecule has 0 amide bonds. The molecule has 4 rings (SSSR count). The molecule has 15 heteroatoms. The van der Waals surface area contributed by atoms with Crippen LogP contribution < -0.4 is 0 Å². The Balaban J connectivity index is 2.14. The first-order valence-electron chi connectivity index (χ1n) is 13.8. The Hall–Kier alpha value is -2.78. The third-order valence-corrected chi connectivity index (χ3v) is 9.66. The number of fused-ring (bicyclic) bond motifs is 3. The summed E-state index contributed by atoms with van der Waals surface area (Å²) in [5.41, 5.74) is -6.53. The molecular formula is C28H37ClO14. The van der Waals surface area contributed by atoms with E-state index < -0.39 is 108 Å². The largest absolute Gasteiger partial charge is 0.462 e. The summed E-state index contributed by atoms with van der Waals surface area (Å²) < 4.78 is 34.2. The summed E-state index contributed by atoms with van der Waals surface area (Å²) in [6, 6.07) is 0. The van der Waals surface area contributed by atoms with Gasteiger partial charge in [0.1, 0.15) is 42.2 Å². The average Bonchev–Trinajstić information content (AvgIpc) is 3.61. The number of epoxide rings is 1. The number of hydrogen-bond donors (Lipinski definition) is 3. The number of carbonyl (C=O) groups is 5. The number of aliphatic hydroxyl groups is 3. The molecular weight excluding hydrogens is 596 g/mol. The van der Waals surface area contributed by atoms with E-state index in [1.54, 1.807) is 0 Å². The van der Waals surface area contributed by atoms with E-state index in [2.05, 4.69) is 0 Å². The summed E-state index contributed by atoms with van der Waals surface area (Å²) >= 11 is 6.71. The molecule has 2 saturated heterocycles. The highest BCUT2D eigenvalue weighted by molar-refractivity contribution is 6.31. The summed E-state index contributed by atoms with van der Waals surface area (Å²) in [5.74, 6) is -7.34. The third kappa shape index (κ3) is 5.30. The van der Waals surface area contributed by atoms with Crippen molar-refractivity contribution < 1.29 is 67.7 Å². The van der Waals surface area contributed by atoms with Crippen molar-refractivity contribution in [1.82, 2.24) is 0 Å². The van der Waals surface area contributed by atoms with Crippen molar-refractivity contribution in [2.75, 3.05) is 6.61 Å². The van der Waals surface area contributed by atoms with Gasteiger partial charge in [-0.1, -0.05) is 18.5 Å². The zero-order chi connectivity index (χ0) is 32.4. The first-order chi connectivity index (χ1) is 19.8. The van der Waals surface area contributed by atoms with E-state index >= 15 is 0 Å². The van der Waals surface area contributed by atoms with Gasteiger partial charge in [0.05, 0.1) is 23.0 Å². The smallest absolute Gasteiger partial charge is 0.312 e. The van der Waals surface area contributed by atoms with E-state index in [4.69, 9.17) is 40.0 Å². The lowest BCUT2D eigenvalue weighted by atomic mass is 9.51. The molecule has 4 aliphatic rings. The van der Waals surface area contributed by atoms with E-state index in [1.807, 2.05) is 0 Å². The molecule has 0 bridgehead atoms. The predicted molar refractivity (Wildman–Crippen MR) is 142 cm³/mol. The first-order valence-corrected chi connectivity index (χ1v) is 14.2. The van der Waals surface area contributed by atoms with Gasteiger partial charge in [-0.3, -0.25) is 24.0 Å². The highest BCUT2D eigenvalue weighted by atomic mass is 35.5. The number of ether oxygens (including phenoxy) is 6. The fourth-order valence-electron chi connectivity index (χ4n) is 7.27. The molecule has 2 aliphatic heterocycles. The number of hydrogen-bond acceptors (Lipinski definition) is 14. The van der Waals surface area contributed by atoms with Crippen LogP contribution in [-0.2, 0) is 52.4 Å². The first kappa shape index (κ1) is 33.1. The molecule has 2 aliphatic carbocycles. The molecule has 0 aromatic heterocycles. The zero-order valence-electron chi connectivity index (χ0n) is 24.8. The van der Waals surface area contributed by atoms with Crippen molar-refractivity contribution in [3.05, 3.63) is 10.6 Å². The Morgan fingerprint density at radius 3 is 1.93 bits per heavy atom. The van der Waals surface area contributed by atoms with Crippen molar-refractivity contribution >= 4 is 41.4 Å².